The molecule has 0 aromatic carbocycles. The van der Waals surface area contributed by atoms with Crippen LogP contribution in [0.25, 0.3) is 0 Å². The molecule has 6 nitrogen and oxygen atoms in total. The molecule has 0 radical (unpaired) electrons. The predicted molar refractivity (Wildman–Crippen MR) is 112 cm³/mol. The highest BCUT2D eigenvalue weighted by Gasteiger charge is 2.51. The Morgan fingerprint density at radius 1 is 1.04 bits per heavy atom. The fourth-order valence-electron chi connectivity index (χ4n) is 6.25. The maximum Gasteiger partial charge on any atom is 0.238 e. The van der Waals surface area contributed by atoms with Crippen LogP contribution >= 0.6 is 24.0 Å². The number of unbranched alkanes of at least 4 members (excludes halogenated alkanes) is 1. The van der Waals surface area contributed by atoms with E-state index < -0.39 is 0 Å². The fourth-order valence-corrected chi connectivity index (χ4v) is 7.37. The number of thioether (sulfide) groups is 1. The van der Waals surface area contributed by atoms with Gasteiger partial charge >= 0.3 is 0 Å². The molecule has 4 saturated carbocycles. The van der Waals surface area contributed by atoms with E-state index in [2.05, 4.69) is 10.9 Å². The number of thiocarbonyl (C=S) groups is 1. The molecule has 3 amide bonds. The second-order valence-electron chi connectivity index (χ2n) is 9.25. The summed E-state index contributed by atoms with van der Waals surface area (Å²) in [7, 11) is 0. The maximum atomic E-state index is 12.4. The Kier molecular flexibility index (Phi) is 5.97. The molecule has 8 heteroatoms. The first-order valence-corrected chi connectivity index (χ1v) is 11.9. The van der Waals surface area contributed by atoms with E-state index >= 15 is 0 Å². The van der Waals surface area contributed by atoms with Gasteiger partial charge in [-0.25, -0.2) is 0 Å². The maximum absolute atomic E-state index is 12.4. The second-order valence-corrected chi connectivity index (χ2v) is 10.9. The average molecular weight is 424 g/mol. The molecule has 0 spiro atoms. The summed E-state index contributed by atoms with van der Waals surface area (Å²) in [6, 6.07) is 0. The lowest BCUT2D eigenvalue weighted by molar-refractivity contribution is -0.134. The first-order valence-electron chi connectivity index (χ1n) is 10.5. The van der Waals surface area contributed by atoms with Crippen LogP contribution in [-0.4, -0.2) is 39.2 Å². The zero-order chi connectivity index (χ0) is 19.7. The third-order valence-corrected chi connectivity index (χ3v) is 8.35. The van der Waals surface area contributed by atoms with Gasteiger partial charge in [0, 0.05) is 19.4 Å². The van der Waals surface area contributed by atoms with E-state index in [9.17, 15) is 14.4 Å². The molecule has 5 aliphatic rings. The molecule has 1 heterocycles. The van der Waals surface area contributed by atoms with Crippen molar-refractivity contribution < 1.29 is 14.4 Å². The minimum absolute atomic E-state index is 0.0522. The molecule has 4 bridgehead atoms. The predicted octanol–water partition coefficient (Wildman–Crippen LogP) is 2.77. The molecule has 1 aliphatic heterocycles. The summed E-state index contributed by atoms with van der Waals surface area (Å²) >= 11 is 6.53. The Balaban J connectivity index is 1.13. The fraction of sp³-hybridized carbons (Fsp3) is 0.800. The monoisotopic (exact) mass is 423 g/mol. The van der Waals surface area contributed by atoms with E-state index in [1.54, 1.807) is 4.90 Å². The van der Waals surface area contributed by atoms with Crippen molar-refractivity contribution in [3.05, 3.63) is 0 Å². The molecule has 5 fully saturated rings. The summed E-state index contributed by atoms with van der Waals surface area (Å²) in [6.07, 6.45) is 9.93. The first-order chi connectivity index (χ1) is 13.4. The van der Waals surface area contributed by atoms with Gasteiger partial charge in [-0.1, -0.05) is 24.0 Å². The molecule has 0 unspecified atom stereocenters. The third kappa shape index (κ3) is 4.53. The number of amides is 3. The van der Waals surface area contributed by atoms with Crippen molar-refractivity contribution in [1.29, 1.82) is 0 Å². The minimum atomic E-state index is -0.177. The molecule has 1 saturated heterocycles. The van der Waals surface area contributed by atoms with Crippen molar-refractivity contribution in [2.45, 2.75) is 64.2 Å². The van der Waals surface area contributed by atoms with Crippen LogP contribution in [0.3, 0.4) is 0 Å². The first kappa shape index (κ1) is 20.1. The second kappa shape index (κ2) is 8.30. The van der Waals surface area contributed by atoms with Gasteiger partial charge in [-0.05, 0) is 74.5 Å². The highest BCUT2D eigenvalue weighted by Crippen LogP contribution is 2.61. The van der Waals surface area contributed by atoms with Gasteiger partial charge < -0.3 is 0 Å². The Morgan fingerprint density at radius 3 is 2.21 bits per heavy atom. The Labute approximate surface area is 175 Å². The van der Waals surface area contributed by atoms with E-state index in [1.165, 1.54) is 50.3 Å². The van der Waals surface area contributed by atoms with Crippen molar-refractivity contribution in [2.75, 3.05) is 12.3 Å². The van der Waals surface area contributed by atoms with Gasteiger partial charge in [-0.15, -0.1) is 0 Å². The van der Waals surface area contributed by atoms with Crippen LogP contribution in [0.5, 0.6) is 0 Å². The van der Waals surface area contributed by atoms with Crippen molar-refractivity contribution in [3.63, 3.8) is 0 Å². The molecule has 0 aromatic rings. The molecule has 5 rings (SSSR count). The minimum Gasteiger partial charge on any atom is -0.297 e. The molecule has 0 atom stereocenters. The van der Waals surface area contributed by atoms with Crippen molar-refractivity contribution in [1.82, 2.24) is 15.8 Å². The van der Waals surface area contributed by atoms with Crippen molar-refractivity contribution in [3.8, 4) is 0 Å². The van der Waals surface area contributed by atoms with Crippen LogP contribution in [0.15, 0.2) is 0 Å². The molecule has 2 N–H and O–H groups in total. The highest BCUT2D eigenvalue weighted by atomic mass is 32.2. The number of nitrogens with one attached hydrogen (secondary N) is 2. The van der Waals surface area contributed by atoms with E-state index in [-0.39, 0.29) is 23.1 Å². The smallest absolute Gasteiger partial charge is 0.238 e. The van der Waals surface area contributed by atoms with E-state index in [1.807, 2.05) is 0 Å². The van der Waals surface area contributed by atoms with Crippen LogP contribution in [0.1, 0.15) is 64.2 Å². The summed E-state index contributed by atoms with van der Waals surface area (Å²) in [6.45, 7) is 0.566. The van der Waals surface area contributed by atoms with Crippen LogP contribution in [-0.2, 0) is 14.4 Å². The Hall–Kier alpha value is -1.15. The van der Waals surface area contributed by atoms with Crippen molar-refractivity contribution in [2.24, 2.45) is 23.2 Å². The quantitative estimate of drug-likeness (QED) is 0.374. The topological polar surface area (TPSA) is 78.5 Å². The summed E-state index contributed by atoms with van der Waals surface area (Å²) in [5.41, 5.74) is 5.37. The van der Waals surface area contributed by atoms with Crippen molar-refractivity contribution >= 4 is 46.0 Å². The van der Waals surface area contributed by atoms with Gasteiger partial charge in [-0.3, -0.25) is 30.1 Å². The van der Waals surface area contributed by atoms with Gasteiger partial charge in [0.25, 0.3) is 0 Å². The Bertz CT molecular complexity index is 630. The van der Waals surface area contributed by atoms with E-state index in [0.717, 1.165) is 24.2 Å². The number of hydrogen-bond donors (Lipinski definition) is 2. The molecule has 28 heavy (non-hydrogen) atoms. The average Bonchev–Trinajstić information content (AvgIpc) is 2.93. The molecule has 4 aliphatic carbocycles. The number of rotatable bonds is 7. The largest absolute Gasteiger partial charge is 0.297 e. The van der Waals surface area contributed by atoms with Gasteiger partial charge in [0.1, 0.15) is 4.32 Å². The number of nitrogens with zero attached hydrogens (tertiary/aromatic N) is 1. The number of carbonyl (C=O) groups excluding carboxylic acids is 3. The zero-order valence-electron chi connectivity index (χ0n) is 16.2. The zero-order valence-corrected chi connectivity index (χ0v) is 17.8. The van der Waals surface area contributed by atoms with Crippen LogP contribution < -0.4 is 10.9 Å². The van der Waals surface area contributed by atoms with Gasteiger partial charge in [-0.2, -0.15) is 0 Å². The molecular formula is C20H29N3O3S2. The number of hydrogen-bond acceptors (Lipinski definition) is 5. The van der Waals surface area contributed by atoms with Gasteiger partial charge in [0.15, 0.2) is 0 Å². The number of hydrazine groups is 1. The van der Waals surface area contributed by atoms with E-state index in [4.69, 9.17) is 12.2 Å². The molecular weight excluding hydrogens is 394 g/mol. The highest BCUT2D eigenvalue weighted by molar-refractivity contribution is 8.23. The lowest BCUT2D eigenvalue weighted by Gasteiger charge is -2.56. The van der Waals surface area contributed by atoms with Crippen LogP contribution in [0, 0.1) is 23.2 Å². The van der Waals surface area contributed by atoms with E-state index in [0.29, 0.717) is 35.9 Å². The molecule has 154 valence electrons. The summed E-state index contributed by atoms with van der Waals surface area (Å²) in [5.74, 6) is 2.71. The van der Waals surface area contributed by atoms with Crippen LogP contribution in [0.2, 0.25) is 0 Å². The Morgan fingerprint density at radius 2 is 1.64 bits per heavy atom. The van der Waals surface area contributed by atoms with Gasteiger partial charge in [0.2, 0.25) is 17.7 Å². The summed E-state index contributed by atoms with van der Waals surface area (Å²) in [4.78, 5) is 37.7. The standard InChI is InChI=1S/C20H29N3O3S2/c24-16(3-1-2-4-23-18(26)12-28-19(23)27)21-22-17(25)11-20-8-13-5-14(9-20)7-15(6-13)10-20/h13-15H,1-12H2,(H,21,24)(H,22,25). The third-order valence-electron chi connectivity index (χ3n) is 6.92. The summed E-state index contributed by atoms with van der Waals surface area (Å²) in [5, 5.41) is 0. The van der Waals surface area contributed by atoms with Gasteiger partial charge in [0.05, 0.1) is 5.75 Å². The van der Waals surface area contributed by atoms with Crippen LogP contribution in [0.4, 0.5) is 0 Å². The molecule has 0 aromatic heterocycles. The normalized spacial score (nSPS) is 33.4. The number of carbonyl (C=O) groups is 3. The lowest BCUT2D eigenvalue weighted by atomic mass is 9.49. The summed E-state index contributed by atoms with van der Waals surface area (Å²) < 4.78 is 0.631. The lowest BCUT2D eigenvalue weighted by Crippen LogP contribution is -2.50. The SMILES string of the molecule is O=C(CCCCN1C(=O)CSC1=S)NNC(=O)CC12CC3CC(CC(C3)C1)C2.